The zero-order chi connectivity index (χ0) is 16.0. The third-order valence-electron chi connectivity index (χ3n) is 4.84. The summed E-state index contributed by atoms with van der Waals surface area (Å²) in [5.74, 6) is 0. The fourth-order valence-electron chi connectivity index (χ4n) is 3.70. The second kappa shape index (κ2) is 5.55. The quantitative estimate of drug-likeness (QED) is 0.875. The minimum absolute atomic E-state index is 0.0970. The summed E-state index contributed by atoms with van der Waals surface area (Å²) in [5, 5.41) is 4.22. The molecule has 0 amide bonds. The Bertz CT molecular complexity index is 580. The molecule has 7 heteroatoms. The average Bonchev–Trinajstić information content (AvgIpc) is 3.10. The van der Waals surface area contributed by atoms with Gasteiger partial charge in [-0.25, -0.2) is 0 Å². The van der Waals surface area contributed by atoms with Crippen molar-refractivity contribution in [3.8, 4) is 0 Å². The molecule has 2 atom stereocenters. The van der Waals surface area contributed by atoms with Crippen molar-refractivity contribution in [1.29, 1.82) is 0 Å². The Hall–Kier alpha value is -0.490. The summed E-state index contributed by atoms with van der Waals surface area (Å²) in [4.78, 5) is 0. The number of fused-ring (bicyclic) bond motifs is 1. The molecule has 2 aliphatic rings. The molecule has 0 bridgehead atoms. The van der Waals surface area contributed by atoms with Crippen LogP contribution < -0.4 is 5.32 Å². The van der Waals surface area contributed by atoms with Crippen molar-refractivity contribution < 1.29 is 17.9 Å². The maximum absolute atomic E-state index is 12.3. The van der Waals surface area contributed by atoms with Crippen molar-refractivity contribution in [3.63, 3.8) is 0 Å². The van der Waals surface area contributed by atoms with Crippen LogP contribution in [0.15, 0.2) is 18.2 Å². The molecule has 0 spiro atoms. The normalized spacial score (nSPS) is 31.0. The van der Waals surface area contributed by atoms with E-state index in [1.807, 2.05) is 12.1 Å². The third-order valence-corrected chi connectivity index (χ3v) is 5.58. The van der Waals surface area contributed by atoms with E-state index in [4.69, 9.17) is 27.9 Å². The van der Waals surface area contributed by atoms with E-state index in [0.717, 1.165) is 24.9 Å². The fourth-order valence-corrected chi connectivity index (χ4v) is 3.99. The van der Waals surface area contributed by atoms with Crippen LogP contribution in [-0.4, -0.2) is 32.5 Å². The lowest BCUT2D eigenvalue weighted by atomic mass is 9.81. The Morgan fingerprint density at radius 3 is 2.68 bits per heavy atom. The van der Waals surface area contributed by atoms with E-state index in [0.29, 0.717) is 16.6 Å². The zero-order valence-corrected chi connectivity index (χ0v) is 13.3. The molecule has 2 fully saturated rings. The SMILES string of the molecule is FC(F)(F)COCC12CNCC[C@]1(c1ccc(Cl)c(Cl)c1)C2. The Labute approximate surface area is 136 Å². The lowest BCUT2D eigenvalue weighted by molar-refractivity contribution is -0.178. The predicted molar refractivity (Wildman–Crippen MR) is 79.6 cm³/mol. The Morgan fingerprint density at radius 2 is 2.00 bits per heavy atom. The van der Waals surface area contributed by atoms with Gasteiger partial charge < -0.3 is 10.1 Å². The molecular formula is C15H16Cl2F3NO. The van der Waals surface area contributed by atoms with E-state index in [9.17, 15) is 13.2 Å². The highest BCUT2D eigenvalue weighted by Crippen LogP contribution is 2.68. The molecule has 1 heterocycles. The molecular weight excluding hydrogens is 338 g/mol. The van der Waals surface area contributed by atoms with Crippen LogP contribution in [0.4, 0.5) is 13.2 Å². The summed E-state index contributed by atoms with van der Waals surface area (Å²) in [6, 6.07) is 5.50. The first kappa shape index (κ1) is 16.4. The summed E-state index contributed by atoms with van der Waals surface area (Å²) < 4.78 is 41.8. The van der Waals surface area contributed by atoms with Crippen molar-refractivity contribution in [2.75, 3.05) is 26.3 Å². The summed E-state index contributed by atoms with van der Waals surface area (Å²) in [6.07, 6.45) is -2.62. The molecule has 1 saturated carbocycles. The molecule has 0 aromatic heterocycles. The van der Waals surface area contributed by atoms with E-state index in [1.54, 1.807) is 6.07 Å². The van der Waals surface area contributed by atoms with E-state index >= 15 is 0 Å². The van der Waals surface area contributed by atoms with Crippen molar-refractivity contribution >= 4 is 23.2 Å². The minimum atomic E-state index is -4.29. The molecule has 1 aromatic carbocycles. The predicted octanol–water partition coefficient (Wildman–Crippen LogP) is 4.19. The van der Waals surface area contributed by atoms with Crippen LogP contribution in [0.1, 0.15) is 18.4 Å². The van der Waals surface area contributed by atoms with Crippen LogP contribution in [0, 0.1) is 5.41 Å². The molecule has 2 nitrogen and oxygen atoms in total. The van der Waals surface area contributed by atoms with Gasteiger partial charge >= 0.3 is 6.18 Å². The number of hydrogen-bond donors (Lipinski definition) is 1. The second-order valence-corrected chi connectivity index (χ2v) is 7.02. The molecule has 22 heavy (non-hydrogen) atoms. The van der Waals surface area contributed by atoms with Crippen LogP contribution in [0.3, 0.4) is 0 Å². The van der Waals surface area contributed by atoms with Gasteiger partial charge in [0.15, 0.2) is 0 Å². The largest absolute Gasteiger partial charge is 0.411 e. The van der Waals surface area contributed by atoms with Gasteiger partial charge in [0.05, 0.1) is 16.7 Å². The van der Waals surface area contributed by atoms with E-state index in [-0.39, 0.29) is 17.4 Å². The monoisotopic (exact) mass is 353 g/mol. The van der Waals surface area contributed by atoms with Crippen molar-refractivity contribution in [2.45, 2.75) is 24.4 Å². The van der Waals surface area contributed by atoms with Crippen LogP contribution in [0.5, 0.6) is 0 Å². The fraction of sp³-hybridized carbons (Fsp3) is 0.600. The summed E-state index contributed by atoms with van der Waals surface area (Å²) in [5.41, 5.74) is 0.602. The number of rotatable bonds is 4. The van der Waals surface area contributed by atoms with E-state index in [2.05, 4.69) is 5.32 Å². The zero-order valence-electron chi connectivity index (χ0n) is 11.8. The standard InChI is InChI=1S/C15H16Cl2F3NO/c16-11-2-1-10(5-12(11)17)14-3-4-21-7-13(14,6-14)8-22-9-15(18,19)20/h1-2,5,21H,3-4,6-9H2/t13?,14-/m1/s1. The molecule has 1 N–H and O–H groups in total. The van der Waals surface area contributed by atoms with Crippen molar-refractivity contribution in [2.24, 2.45) is 5.41 Å². The lowest BCUT2D eigenvalue weighted by Crippen LogP contribution is -2.41. The first-order valence-corrected chi connectivity index (χ1v) is 7.84. The number of piperidine rings is 1. The molecule has 0 radical (unpaired) electrons. The third kappa shape index (κ3) is 2.84. The van der Waals surface area contributed by atoms with Crippen LogP contribution >= 0.6 is 23.2 Å². The van der Waals surface area contributed by atoms with Crippen LogP contribution in [0.25, 0.3) is 0 Å². The number of hydrogen-bond acceptors (Lipinski definition) is 2. The number of ether oxygens (including phenoxy) is 1. The van der Waals surface area contributed by atoms with Crippen LogP contribution in [0.2, 0.25) is 10.0 Å². The van der Waals surface area contributed by atoms with Gasteiger partial charge in [-0.3, -0.25) is 0 Å². The molecule has 1 aromatic rings. The topological polar surface area (TPSA) is 21.3 Å². The maximum atomic E-state index is 12.3. The Balaban J connectivity index is 1.78. The number of benzene rings is 1. The Morgan fingerprint density at radius 1 is 1.23 bits per heavy atom. The summed E-state index contributed by atoms with van der Waals surface area (Å²) in [6.45, 7) is 0.387. The van der Waals surface area contributed by atoms with Crippen LogP contribution in [-0.2, 0) is 10.2 Å². The van der Waals surface area contributed by atoms with Gasteiger partial charge in [0.25, 0.3) is 0 Å². The van der Waals surface area contributed by atoms with Gasteiger partial charge in [0.2, 0.25) is 0 Å². The van der Waals surface area contributed by atoms with Gasteiger partial charge in [-0.2, -0.15) is 13.2 Å². The highest BCUT2D eigenvalue weighted by atomic mass is 35.5. The van der Waals surface area contributed by atoms with Gasteiger partial charge in [-0.05, 0) is 37.1 Å². The Kier molecular flexibility index (Phi) is 4.13. The molecule has 1 unspecified atom stereocenters. The smallest absolute Gasteiger partial charge is 0.371 e. The molecule has 1 aliphatic carbocycles. The highest BCUT2D eigenvalue weighted by Gasteiger charge is 2.68. The summed E-state index contributed by atoms with van der Waals surface area (Å²) in [7, 11) is 0. The molecule has 1 saturated heterocycles. The van der Waals surface area contributed by atoms with Gasteiger partial charge in [0.1, 0.15) is 6.61 Å². The van der Waals surface area contributed by atoms with Crippen molar-refractivity contribution in [1.82, 2.24) is 5.32 Å². The minimum Gasteiger partial charge on any atom is -0.371 e. The molecule has 122 valence electrons. The number of nitrogens with one attached hydrogen (secondary N) is 1. The molecule has 1 aliphatic heterocycles. The van der Waals surface area contributed by atoms with Gasteiger partial charge in [-0.15, -0.1) is 0 Å². The maximum Gasteiger partial charge on any atom is 0.411 e. The highest BCUT2D eigenvalue weighted by molar-refractivity contribution is 6.42. The number of halogens is 5. The first-order valence-electron chi connectivity index (χ1n) is 7.09. The molecule has 3 rings (SSSR count). The van der Waals surface area contributed by atoms with E-state index < -0.39 is 12.8 Å². The van der Waals surface area contributed by atoms with E-state index in [1.165, 1.54) is 0 Å². The first-order chi connectivity index (χ1) is 10.3. The lowest BCUT2D eigenvalue weighted by Gasteiger charge is -2.32. The van der Waals surface area contributed by atoms with Crippen molar-refractivity contribution in [3.05, 3.63) is 33.8 Å². The number of alkyl halides is 3. The average molecular weight is 354 g/mol. The second-order valence-electron chi connectivity index (χ2n) is 6.20. The van der Waals surface area contributed by atoms with Gasteiger partial charge in [0, 0.05) is 17.4 Å². The summed E-state index contributed by atoms with van der Waals surface area (Å²) >= 11 is 12.0. The van der Waals surface area contributed by atoms with Gasteiger partial charge in [-0.1, -0.05) is 29.3 Å².